The van der Waals surface area contributed by atoms with Crippen molar-refractivity contribution in [3.8, 4) is 5.75 Å². The molecule has 1 aromatic carbocycles. The quantitative estimate of drug-likeness (QED) is 0.582. The molecule has 0 aliphatic carbocycles. The molecule has 0 aliphatic rings. The van der Waals surface area contributed by atoms with E-state index in [1.54, 1.807) is 0 Å². The number of carbonyl (C=O) groups excluding carboxylic acids is 1. The summed E-state index contributed by atoms with van der Waals surface area (Å²) >= 11 is 0. The zero-order chi connectivity index (χ0) is 22.2. The highest BCUT2D eigenvalue weighted by Crippen LogP contribution is 2.29. The molecule has 1 atom stereocenters. The van der Waals surface area contributed by atoms with E-state index < -0.39 is 46.5 Å². The lowest BCUT2D eigenvalue weighted by molar-refractivity contribution is -0.139. The molecule has 2 heterocycles. The van der Waals surface area contributed by atoms with Crippen LogP contribution in [0, 0.1) is 0 Å². The average Bonchev–Trinajstić information content (AvgIpc) is 3.15. The Balaban J connectivity index is 2.07. The van der Waals surface area contributed by atoms with Crippen LogP contribution in [-0.2, 0) is 17.5 Å². The Hall–Kier alpha value is -3.76. The molecule has 3 N–H and O–H groups in total. The van der Waals surface area contributed by atoms with Crippen LogP contribution >= 0.6 is 0 Å². The summed E-state index contributed by atoms with van der Waals surface area (Å²) in [7, 11) is 0. The fourth-order valence-electron chi connectivity index (χ4n) is 2.88. The highest BCUT2D eigenvalue weighted by Gasteiger charge is 2.30. The van der Waals surface area contributed by atoms with E-state index in [4.69, 9.17) is 5.11 Å². The second-order valence-electron chi connectivity index (χ2n) is 6.55. The van der Waals surface area contributed by atoms with Crippen LogP contribution in [0.25, 0.3) is 5.52 Å². The summed E-state index contributed by atoms with van der Waals surface area (Å²) in [6.45, 7) is 0.991. The van der Waals surface area contributed by atoms with Crippen molar-refractivity contribution >= 4 is 17.4 Å². The maximum Gasteiger partial charge on any atom is 0.416 e. The fourth-order valence-corrected chi connectivity index (χ4v) is 2.88. The SMILES string of the molecule is C[C@H](NC(=O)c1c(O)c2cccn2n(Cc2ccc(C(F)(F)F)cc2)c1=O)C(=O)O. The van der Waals surface area contributed by atoms with Crippen molar-refractivity contribution in [1.29, 1.82) is 0 Å². The van der Waals surface area contributed by atoms with Gasteiger partial charge in [0.05, 0.1) is 12.1 Å². The van der Waals surface area contributed by atoms with Crippen molar-refractivity contribution in [2.24, 2.45) is 0 Å². The van der Waals surface area contributed by atoms with Gasteiger partial charge in [0.1, 0.15) is 17.1 Å². The van der Waals surface area contributed by atoms with Crippen molar-refractivity contribution in [3.05, 3.63) is 69.6 Å². The Kier molecular flexibility index (Phi) is 5.29. The standard InChI is InChI=1S/C19H16F3N3O5/c1-10(18(29)30)23-16(27)14-15(26)13-3-2-8-24(13)25(17(14)28)9-11-4-6-12(7-5-11)19(20,21)22/h2-8,10,26H,9H2,1H3,(H,23,27)(H,29,30)/t10-/m0/s1. The number of nitrogens with one attached hydrogen (secondary N) is 1. The lowest BCUT2D eigenvalue weighted by Crippen LogP contribution is -2.42. The van der Waals surface area contributed by atoms with E-state index in [2.05, 4.69) is 5.32 Å². The number of carboxylic acids is 1. The van der Waals surface area contributed by atoms with Gasteiger partial charge in [-0.25, -0.2) is 4.68 Å². The maximum atomic E-state index is 12.9. The van der Waals surface area contributed by atoms with Gasteiger partial charge in [-0.1, -0.05) is 12.1 Å². The minimum atomic E-state index is -4.51. The molecule has 0 bridgehead atoms. The van der Waals surface area contributed by atoms with E-state index in [1.165, 1.54) is 41.9 Å². The summed E-state index contributed by atoms with van der Waals surface area (Å²) < 4.78 is 40.6. The second-order valence-corrected chi connectivity index (χ2v) is 6.55. The van der Waals surface area contributed by atoms with Gasteiger partial charge in [-0.3, -0.25) is 18.9 Å². The van der Waals surface area contributed by atoms with Crippen LogP contribution in [0.1, 0.15) is 28.4 Å². The first-order valence-electron chi connectivity index (χ1n) is 8.63. The number of alkyl halides is 3. The molecular weight excluding hydrogens is 407 g/mol. The Morgan fingerprint density at radius 3 is 2.37 bits per heavy atom. The molecule has 0 saturated heterocycles. The van der Waals surface area contributed by atoms with Crippen LogP contribution in [0.5, 0.6) is 5.75 Å². The summed E-state index contributed by atoms with van der Waals surface area (Å²) in [6, 6.07) is 5.75. The first-order chi connectivity index (χ1) is 14.0. The first-order valence-corrected chi connectivity index (χ1v) is 8.63. The van der Waals surface area contributed by atoms with Crippen LogP contribution < -0.4 is 10.9 Å². The topological polar surface area (TPSA) is 113 Å². The third-order valence-electron chi connectivity index (χ3n) is 4.47. The highest BCUT2D eigenvalue weighted by atomic mass is 19.4. The predicted octanol–water partition coefficient (Wildman–Crippen LogP) is 2.08. The zero-order valence-corrected chi connectivity index (χ0v) is 15.5. The molecule has 0 saturated carbocycles. The number of aromatic nitrogens is 2. The Morgan fingerprint density at radius 2 is 1.80 bits per heavy atom. The predicted molar refractivity (Wildman–Crippen MR) is 98.4 cm³/mol. The zero-order valence-electron chi connectivity index (χ0n) is 15.5. The van der Waals surface area contributed by atoms with E-state index in [0.717, 1.165) is 16.8 Å². The normalized spacial score (nSPS) is 12.7. The summed E-state index contributed by atoms with van der Waals surface area (Å²) in [5, 5.41) is 21.4. The Labute approximate surface area is 166 Å². The van der Waals surface area contributed by atoms with Crippen LogP contribution in [0.4, 0.5) is 13.2 Å². The van der Waals surface area contributed by atoms with Crippen LogP contribution in [-0.4, -0.2) is 37.3 Å². The van der Waals surface area contributed by atoms with E-state index in [0.29, 0.717) is 5.56 Å². The van der Waals surface area contributed by atoms with Crippen molar-refractivity contribution in [3.63, 3.8) is 0 Å². The smallest absolute Gasteiger partial charge is 0.416 e. The summed E-state index contributed by atoms with van der Waals surface area (Å²) in [5.41, 5.74) is -2.02. The van der Waals surface area contributed by atoms with Crippen molar-refractivity contribution in [2.75, 3.05) is 0 Å². The summed E-state index contributed by atoms with van der Waals surface area (Å²) in [4.78, 5) is 36.3. The minimum Gasteiger partial charge on any atom is -0.505 e. The van der Waals surface area contributed by atoms with E-state index >= 15 is 0 Å². The molecule has 3 aromatic rings. The third kappa shape index (κ3) is 3.86. The lowest BCUT2D eigenvalue weighted by atomic mass is 10.1. The molecule has 11 heteroatoms. The largest absolute Gasteiger partial charge is 0.505 e. The van der Waals surface area contributed by atoms with E-state index in [9.17, 15) is 32.7 Å². The number of fused-ring (bicyclic) bond motifs is 1. The third-order valence-corrected chi connectivity index (χ3v) is 4.47. The highest BCUT2D eigenvalue weighted by molar-refractivity contribution is 6.00. The van der Waals surface area contributed by atoms with Gasteiger partial charge in [0.2, 0.25) is 0 Å². The van der Waals surface area contributed by atoms with Gasteiger partial charge < -0.3 is 15.5 Å². The number of aliphatic carboxylic acids is 1. The number of rotatable bonds is 5. The maximum absolute atomic E-state index is 12.9. The van der Waals surface area contributed by atoms with Crippen molar-refractivity contribution in [2.45, 2.75) is 25.7 Å². The van der Waals surface area contributed by atoms with Gasteiger partial charge in [0, 0.05) is 6.20 Å². The second kappa shape index (κ2) is 7.58. The number of benzene rings is 1. The molecule has 0 unspecified atom stereocenters. The average molecular weight is 423 g/mol. The number of amides is 1. The monoisotopic (exact) mass is 423 g/mol. The van der Waals surface area contributed by atoms with Crippen molar-refractivity contribution in [1.82, 2.24) is 14.5 Å². The molecule has 8 nitrogen and oxygen atoms in total. The summed E-state index contributed by atoms with van der Waals surface area (Å²) in [6.07, 6.45) is -3.07. The van der Waals surface area contributed by atoms with Gasteiger partial charge >= 0.3 is 12.1 Å². The van der Waals surface area contributed by atoms with Gasteiger partial charge in [0.25, 0.3) is 11.5 Å². The summed E-state index contributed by atoms with van der Waals surface area (Å²) in [5.74, 6) is -3.06. The number of nitrogens with zero attached hydrogens (tertiary/aromatic N) is 2. The molecule has 3 rings (SSSR count). The Bertz CT molecular complexity index is 1180. The number of carbonyl (C=O) groups is 2. The van der Waals surface area contributed by atoms with Gasteiger partial charge in [0.15, 0.2) is 5.75 Å². The molecule has 0 fully saturated rings. The first kappa shape index (κ1) is 21.0. The molecule has 0 spiro atoms. The molecule has 2 aromatic heterocycles. The lowest BCUT2D eigenvalue weighted by Gasteiger charge is -2.16. The number of aromatic hydroxyl groups is 1. The number of halogens is 3. The van der Waals surface area contributed by atoms with E-state index in [1.807, 2.05) is 0 Å². The molecule has 0 radical (unpaired) electrons. The van der Waals surface area contributed by atoms with Crippen LogP contribution in [0.15, 0.2) is 47.4 Å². The molecule has 1 amide bonds. The minimum absolute atomic E-state index is 0.0923. The molecule has 158 valence electrons. The number of hydrogen-bond acceptors (Lipinski definition) is 4. The van der Waals surface area contributed by atoms with Crippen molar-refractivity contribution < 1.29 is 33.0 Å². The molecule has 0 aliphatic heterocycles. The number of carboxylic acid groups (broad SMARTS) is 1. The molecular formula is C19H16F3N3O5. The Morgan fingerprint density at radius 1 is 1.17 bits per heavy atom. The van der Waals surface area contributed by atoms with E-state index in [-0.39, 0.29) is 12.1 Å². The van der Waals surface area contributed by atoms with Gasteiger partial charge in [-0.2, -0.15) is 13.2 Å². The van der Waals surface area contributed by atoms with Gasteiger partial charge in [-0.05, 0) is 36.8 Å². The fraction of sp³-hybridized carbons (Fsp3) is 0.211. The van der Waals surface area contributed by atoms with Crippen LogP contribution in [0.2, 0.25) is 0 Å². The number of hydrogen-bond donors (Lipinski definition) is 3. The van der Waals surface area contributed by atoms with Gasteiger partial charge in [-0.15, -0.1) is 0 Å². The van der Waals surface area contributed by atoms with Crippen LogP contribution in [0.3, 0.4) is 0 Å². The molecule has 30 heavy (non-hydrogen) atoms.